The fourth-order valence-electron chi connectivity index (χ4n) is 1.44. The second-order valence-corrected chi connectivity index (χ2v) is 4.51. The van der Waals surface area contributed by atoms with Crippen LogP contribution in [0.5, 0.6) is 5.75 Å². The molecule has 3 nitrogen and oxygen atoms in total. The molecule has 2 rings (SSSR count). The van der Waals surface area contributed by atoms with Crippen LogP contribution in [-0.2, 0) is 0 Å². The van der Waals surface area contributed by atoms with Gasteiger partial charge >= 0.3 is 0 Å². The largest absolute Gasteiger partial charge is 0.497 e. The van der Waals surface area contributed by atoms with Gasteiger partial charge in [-0.3, -0.25) is 4.79 Å². The third kappa shape index (κ3) is 3.87. The summed E-state index contributed by atoms with van der Waals surface area (Å²) in [7, 11) is 1.63. The van der Waals surface area contributed by atoms with Crippen molar-refractivity contribution in [3.8, 4) is 17.6 Å². The van der Waals surface area contributed by atoms with E-state index in [-0.39, 0.29) is 5.91 Å². The molecule has 0 saturated carbocycles. The van der Waals surface area contributed by atoms with Gasteiger partial charge in [0.25, 0.3) is 5.91 Å². The minimum Gasteiger partial charge on any atom is -0.497 e. The maximum atomic E-state index is 11.6. The Hall–Kier alpha value is -2.25. The van der Waals surface area contributed by atoms with Gasteiger partial charge in [0.1, 0.15) is 5.75 Å². The van der Waals surface area contributed by atoms with Gasteiger partial charge in [-0.15, -0.1) is 0 Å². The Morgan fingerprint density at radius 2 is 2.11 bits per heavy atom. The smallest absolute Gasteiger partial charge is 0.252 e. The number of amides is 1. The molecule has 0 saturated heterocycles. The average Bonchev–Trinajstić information content (AvgIpc) is 2.98. The van der Waals surface area contributed by atoms with Gasteiger partial charge in [0.05, 0.1) is 19.2 Å². The summed E-state index contributed by atoms with van der Waals surface area (Å²) in [5.74, 6) is 6.60. The van der Waals surface area contributed by atoms with E-state index in [2.05, 4.69) is 17.2 Å². The van der Waals surface area contributed by atoms with Crippen LogP contribution in [0.4, 0.5) is 0 Å². The van der Waals surface area contributed by atoms with E-state index in [1.807, 2.05) is 35.0 Å². The van der Waals surface area contributed by atoms with Gasteiger partial charge < -0.3 is 10.1 Å². The molecule has 0 bridgehead atoms. The number of benzene rings is 1. The van der Waals surface area contributed by atoms with Crippen LogP contribution >= 0.6 is 11.3 Å². The van der Waals surface area contributed by atoms with Gasteiger partial charge in [-0.2, -0.15) is 11.3 Å². The normalized spacial score (nSPS) is 9.32. The Morgan fingerprint density at radius 1 is 1.32 bits per heavy atom. The van der Waals surface area contributed by atoms with E-state index in [1.54, 1.807) is 13.2 Å². The van der Waals surface area contributed by atoms with E-state index in [9.17, 15) is 4.79 Å². The van der Waals surface area contributed by atoms with Crippen molar-refractivity contribution in [3.63, 3.8) is 0 Å². The summed E-state index contributed by atoms with van der Waals surface area (Å²) in [4.78, 5) is 11.6. The molecule has 19 heavy (non-hydrogen) atoms. The molecule has 0 radical (unpaired) electrons. The van der Waals surface area contributed by atoms with Crippen molar-refractivity contribution in [1.82, 2.24) is 5.32 Å². The zero-order valence-electron chi connectivity index (χ0n) is 10.5. The predicted octanol–water partition coefficient (Wildman–Crippen LogP) is 2.54. The molecule has 0 atom stereocenters. The summed E-state index contributed by atoms with van der Waals surface area (Å²) in [5, 5.41) is 6.43. The lowest BCUT2D eigenvalue weighted by Gasteiger charge is -1.98. The number of thiophene rings is 1. The highest BCUT2D eigenvalue weighted by Gasteiger charge is 2.02. The maximum Gasteiger partial charge on any atom is 0.252 e. The number of methoxy groups -OCH3 is 1. The second kappa shape index (κ2) is 6.62. The third-order valence-electron chi connectivity index (χ3n) is 2.44. The first-order valence-electron chi connectivity index (χ1n) is 5.73. The topological polar surface area (TPSA) is 38.3 Å². The Balaban J connectivity index is 1.85. The van der Waals surface area contributed by atoms with Crippen LogP contribution in [0.2, 0.25) is 0 Å². The standard InChI is InChI=1S/C15H13NO2S/c1-18-14-6-4-12(5-7-14)3-2-9-16-15(17)13-8-10-19-11-13/h4-8,10-11H,9H2,1H3,(H,16,17). The minimum absolute atomic E-state index is 0.0923. The molecular weight excluding hydrogens is 258 g/mol. The van der Waals surface area contributed by atoms with Crippen molar-refractivity contribution in [2.75, 3.05) is 13.7 Å². The second-order valence-electron chi connectivity index (χ2n) is 3.72. The van der Waals surface area contributed by atoms with Gasteiger partial charge in [0.2, 0.25) is 0 Å². The van der Waals surface area contributed by atoms with Crippen molar-refractivity contribution in [3.05, 3.63) is 52.2 Å². The molecule has 4 heteroatoms. The van der Waals surface area contributed by atoms with E-state index in [0.29, 0.717) is 12.1 Å². The quantitative estimate of drug-likeness (QED) is 0.871. The molecular formula is C15H13NO2S. The van der Waals surface area contributed by atoms with Crippen molar-refractivity contribution in [2.45, 2.75) is 0 Å². The highest BCUT2D eigenvalue weighted by atomic mass is 32.1. The minimum atomic E-state index is -0.0923. The number of carbonyl (C=O) groups is 1. The molecule has 0 fully saturated rings. The number of hydrogen-bond acceptors (Lipinski definition) is 3. The van der Waals surface area contributed by atoms with Crippen molar-refractivity contribution >= 4 is 17.2 Å². The van der Waals surface area contributed by atoms with Gasteiger partial charge in [-0.25, -0.2) is 0 Å². The number of hydrogen-bond donors (Lipinski definition) is 1. The molecule has 0 spiro atoms. The molecule has 96 valence electrons. The van der Waals surface area contributed by atoms with E-state index in [0.717, 1.165) is 11.3 Å². The molecule has 0 unspecified atom stereocenters. The lowest BCUT2D eigenvalue weighted by atomic mass is 10.2. The molecule has 0 aliphatic rings. The summed E-state index contributed by atoms with van der Waals surface area (Å²) in [5.41, 5.74) is 1.57. The summed E-state index contributed by atoms with van der Waals surface area (Å²) < 4.78 is 5.06. The number of rotatable bonds is 3. The van der Waals surface area contributed by atoms with E-state index in [1.165, 1.54) is 11.3 Å². The molecule has 1 aromatic heterocycles. The van der Waals surface area contributed by atoms with Crippen molar-refractivity contribution < 1.29 is 9.53 Å². The lowest BCUT2D eigenvalue weighted by Crippen LogP contribution is -2.22. The number of carbonyl (C=O) groups excluding carboxylic acids is 1. The van der Waals surface area contributed by atoms with Crippen molar-refractivity contribution in [1.29, 1.82) is 0 Å². The first kappa shape index (κ1) is 13.2. The Morgan fingerprint density at radius 3 is 2.74 bits per heavy atom. The number of ether oxygens (including phenoxy) is 1. The van der Waals surface area contributed by atoms with Crippen LogP contribution in [-0.4, -0.2) is 19.6 Å². The van der Waals surface area contributed by atoms with E-state index in [4.69, 9.17) is 4.74 Å². The van der Waals surface area contributed by atoms with Crippen LogP contribution in [0.3, 0.4) is 0 Å². The van der Waals surface area contributed by atoms with Crippen LogP contribution in [0.1, 0.15) is 15.9 Å². The SMILES string of the molecule is COc1ccc(C#CCNC(=O)c2ccsc2)cc1. The molecule has 0 aliphatic carbocycles. The van der Waals surface area contributed by atoms with Crippen molar-refractivity contribution in [2.24, 2.45) is 0 Å². The predicted molar refractivity (Wildman–Crippen MR) is 76.5 cm³/mol. The van der Waals surface area contributed by atoms with Gasteiger partial charge in [-0.05, 0) is 35.7 Å². The lowest BCUT2D eigenvalue weighted by molar-refractivity contribution is 0.0959. The first-order valence-corrected chi connectivity index (χ1v) is 6.67. The Kier molecular flexibility index (Phi) is 4.60. The highest BCUT2D eigenvalue weighted by Crippen LogP contribution is 2.10. The summed E-state index contributed by atoms with van der Waals surface area (Å²) >= 11 is 1.50. The first-order chi connectivity index (χ1) is 9.29. The fraction of sp³-hybridized carbons (Fsp3) is 0.133. The maximum absolute atomic E-state index is 11.6. The van der Waals surface area contributed by atoms with Crippen LogP contribution in [0, 0.1) is 11.8 Å². The zero-order valence-corrected chi connectivity index (χ0v) is 11.3. The molecule has 1 heterocycles. The summed E-state index contributed by atoms with van der Waals surface area (Å²) in [6.07, 6.45) is 0. The highest BCUT2D eigenvalue weighted by molar-refractivity contribution is 7.08. The molecule has 1 aromatic carbocycles. The zero-order chi connectivity index (χ0) is 13.5. The third-order valence-corrected chi connectivity index (χ3v) is 3.13. The molecule has 1 N–H and O–H groups in total. The summed E-state index contributed by atoms with van der Waals surface area (Å²) in [6.45, 7) is 0.334. The summed E-state index contributed by atoms with van der Waals surface area (Å²) in [6, 6.07) is 9.26. The average molecular weight is 271 g/mol. The fourth-order valence-corrected chi connectivity index (χ4v) is 2.08. The monoisotopic (exact) mass is 271 g/mol. The molecule has 0 aliphatic heterocycles. The number of nitrogens with one attached hydrogen (secondary N) is 1. The van der Waals surface area contributed by atoms with Gasteiger partial charge in [0, 0.05) is 10.9 Å². The van der Waals surface area contributed by atoms with E-state index >= 15 is 0 Å². The Bertz CT molecular complexity index is 591. The molecule has 2 aromatic rings. The Labute approximate surface area is 116 Å². The van der Waals surface area contributed by atoms with Crippen LogP contribution in [0.25, 0.3) is 0 Å². The van der Waals surface area contributed by atoms with Gasteiger partial charge in [-0.1, -0.05) is 11.8 Å². The van der Waals surface area contributed by atoms with Gasteiger partial charge in [0.15, 0.2) is 0 Å². The molecule has 1 amide bonds. The van der Waals surface area contributed by atoms with Crippen LogP contribution in [0.15, 0.2) is 41.1 Å². The van der Waals surface area contributed by atoms with E-state index < -0.39 is 0 Å². The van der Waals surface area contributed by atoms with Crippen LogP contribution < -0.4 is 10.1 Å².